The highest BCUT2D eigenvalue weighted by molar-refractivity contribution is 7.93. The Morgan fingerprint density at radius 2 is 1.76 bits per heavy atom. The van der Waals surface area contributed by atoms with Gasteiger partial charge in [-0.2, -0.15) is 0 Å². The van der Waals surface area contributed by atoms with Crippen LogP contribution in [0.5, 0.6) is 5.75 Å². The van der Waals surface area contributed by atoms with Crippen molar-refractivity contribution < 1.29 is 38.2 Å². The van der Waals surface area contributed by atoms with Crippen molar-refractivity contribution in [2.24, 2.45) is 11.3 Å². The van der Waals surface area contributed by atoms with Crippen LogP contribution in [-0.2, 0) is 40.5 Å². The van der Waals surface area contributed by atoms with Gasteiger partial charge in [-0.25, -0.2) is 4.79 Å². The number of carbonyl (C=O) groups is 2. The zero-order valence-electron chi connectivity index (χ0n) is 34.8. The van der Waals surface area contributed by atoms with Crippen LogP contribution in [0.25, 0.3) is 10.9 Å². The van der Waals surface area contributed by atoms with E-state index in [1.54, 1.807) is 7.11 Å². The summed E-state index contributed by atoms with van der Waals surface area (Å²) in [4.78, 5) is 40.4. The maximum atomic E-state index is 15.3. The van der Waals surface area contributed by atoms with Crippen LogP contribution in [0.4, 0.5) is 5.69 Å². The van der Waals surface area contributed by atoms with Gasteiger partial charge < -0.3 is 38.5 Å². The van der Waals surface area contributed by atoms with Crippen molar-refractivity contribution in [2.75, 3.05) is 72.3 Å². The molecule has 2 bridgehead atoms. The van der Waals surface area contributed by atoms with Crippen LogP contribution in [0, 0.1) is 11.3 Å². The van der Waals surface area contributed by atoms with Gasteiger partial charge in [-0.3, -0.25) is 14.6 Å². The van der Waals surface area contributed by atoms with E-state index < -0.39 is 51.5 Å². The molecule has 3 aromatic rings. The van der Waals surface area contributed by atoms with Gasteiger partial charge in [0.15, 0.2) is 0 Å². The number of methoxy groups -OCH3 is 3. The summed E-state index contributed by atoms with van der Waals surface area (Å²) in [5, 5.41) is 26.4. The molecule has 2 aromatic carbocycles. The number of para-hydroxylation sites is 1. The molecule has 58 heavy (non-hydrogen) atoms. The normalized spacial score (nSPS) is 37.5. The Hall–Kier alpha value is -3.59. The Morgan fingerprint density at radius 1 is 0.983 bits per heavy atom. The summed E-state index contributed by atoms with van der Waals surface area (Å²) in [5.41, 5.74) is -0.699. The van der Waals surface area contributed by atoms with Gasteiger partial charge in [0.05, 0.1) is 33.0 Å². The summed E-state index contributed by atoms with van der Waals surface area (Å²) in [7, 11) is 6.36. The number of hydrogen-bond acceptors (Lipinski definition) is 12. The second-order valence-corrected chi connectivity index (χ2v) is 18.4. The van der Waals surface area contributed by atoms with E-state index in [4.69, 9.17) is 18.4 Å². The number of carbonyl (C=O) groups excluding carboxylic acids is 2. The maximum absolute atomic E-state index is 15.3. The number of nitrogens with one attached hydrogen (secondary N) is 1. The molecule has 1 aromatic heterocycles. The van der Waals surface area contributed by atoms with E-state index >= 15 is 4.79 Å². The summed E-state index contributed by atoms with van der Waals surface area (Å²) < 4.78 is 24.4. The number of benzene rings is 2. The Bertz CT molecular complexity index is 2180. The van der Waals surface area contributed by atoms with Gasteiger partial charge in [-0.1, -0.05) is 44.2 Å². The van der Waals surface area contributed by atoms with Crippen molar-refractivity contribution in [3.63, 3.8) is 0 Å². The molecule has 1 saturated carbocycles. The lowest BCUT2D eigenvalue weighted by atomic mass is 9.47. The van der Waals surface area contributed by atoms with Crippen LogP contribution in [0.1, 0.15) is 68.3 Å². The molecule has 2 unspecified atom stereocenters. The van der Waals surface area contributed by atoms with Crippen LogP contribution in [-0.4, -0.2) is 134 Å². The lowest BCUT2D eigenvalue weighted by Crippen LogP contribution is -2.81. The fraction of sp³-hybridized carbons (Fsp3) is 0.600. The molecule has 0 radical (unpaired) electrons. The fourth-order valence-electron chi connectivity index (χ4n) is 13.4. The van der Waals surface area contributed by atoms with Gasteiger partial charge in [0.2, 0.25) is 5.60 Å². The number of hydrogen-bond donors (Lipinski definition) is 3. The Morgan fingerprint density at radius 3 is 2.47 bits per heavy atom. The third-order valence-corrected chi connectivity index (χ3v) is 15.9. The number of likely N-dealkylation sites (N-methyl/N-ethyl adjacent to an activating group) is 1. The van der Waals surface area contributed by atoms with E-state index in [2.05, 4.69) is 52.1 Å². The topological polar surface area (TPSA) is 137 Å². The van der Waals surface area contributed by atoms with Crippen molar-refractivity contribution in [2.45, 2.75) is 92.6 Å². The lowest BCUT2D eigenvalue weighted by Gasteiger charge is -2.63. The second-order valence-electron chi connectivity index (χ2n) is 17.9. The first-order chi connectivity index (χ1) is 27.9. The van der Waals surface area contributed by atoms with Gasteiger partial charge in [0.25, 0.3) is 0 Å². The first-order valence-electron chi connectivity index (χ1n) is 20.9. The number of fused-ring (bicyclic) bond motifs is 6. The zero-order valence-corrected chi connectivity index (χ0v) is 35.6. The van der Waals surface area contributed by atoms with Crippen LogP contribution in [0.3, 0.4) is 0 Å². The molecule has 312 valence electrons. The minimum Gasteiger partial charge on any atom is -0.496 e. The third-order valence-electron chi connectivity index (χ3n) is 15.5. The summed E-state index contributed by atoms with van der Waals surface area (Å²) in [5.74, 6) is -0.699. The average molecular weight is 815 g/mol. The molecule has 0 amide bonds. The Kier molecular flexibility index (Phi) is 9.61. The van der Waals surface area contributed by atoms with Crippen molar-refractivity contribution in [1.29, 1.82) is 0 Å². The van der Waals surface area contributed by atoms with Gasteiger partial charge in [0.1, 0.15) is 17.3 Å². The predicted molar refractivity (Wildman–Crippen MR) is 223 cm³/mol. The number of H-pyrrole nitrogens is 1. The van der Waals surface area contributed by atoms with Crippen molar-refractivity contribution in [1.82, 2.24) is 14.8 Å². The molecule has 2 saturated heterocycles. The first kappa shape index (κ1) is 39.8. The quantitative estimate of drug-likeness (QED) is 0.165. The van der Waals surface area contributed by atoms with E-state index in [0.29, 0.717) is 56.4 Å². The predicted octanol–water partition coefficient (Wildman–Crippen LogP) is 4.72. The van der Waals surface area contributed by atoms with E-state index in [0.717, 1.165) is 71.6 Å². The van der Waals surface area contributed by atoms with Crippen LogP contribution in [0.2, 0.25) is 0 Å². The molecule has 9 rings (SSSR count). The highest BCUT2D eigenvalue weighted by atomic mass is 32.2. The van der Waals surface area contributed by atoms with Crippen LogP contribution < -0.4 is 9.64 Å². The molecule has 10 atom stereocenters. The van der Waals surface area contributed by atoms with E-state index in [9.17, 15) is 15.0 Å². The van der Waals surface area contributed by atoms with E-state index in [1.807, 2.05) is 43.3 Å². The number of nitrogens with zero attached hydrogens (tertiary/aromatic N) is 3. The van der Waals surface area contributed by atoms with Gasteiger partial charge in [-0.15, -0.1) is 0 Å². The van der Waals surface area contributed by atoms with Crippen molar-refractivity contribution >= 4 is 40.6 Å². The SMILES string of the molecule is CC[C@]1(O)CC2CN(CCc3c([nH]c4ccccc34)[C@@](C(=O)OC)(c3cc4c(cc3OC)N(C)[C@H]3[C@@](O)(C(=O)OC)[C@H](OSC)[C@]5(CC)C=CCN6CC[C@]43[C@@H]65)C2)C1. The van der Waals surface area contributed by atoms with Gasteiger partial charge in [0, 0.05) is 90.3 Å². The van der Waals surface area contributed by atoms with E-state index in [-0.39, 0.29) is 12.0 Å². The molecule has 6 aliphatic rings. The molecule has 1 spiro atoms. The molecule has 3 fully saturated rings. The van der Waals surface area contributed by atoms with E-state index in [1.165, 1.54) is 14.2 Å². The summed E-state index contributed by atoms with van der Waals surface area (Å²) in [6.45, 7) is 7.67. The summed E-state index contributed by atoms with van der Waals surface area (Å²) in [6.07, 6.45) is 8.67. The number of esters is 2. The molecule has 3 N–H and O–H groups in total. The molecule has 6 heterocycles. The monoisotopic (exact) mass is 814 g/mol. The number of ether oxygens (including phenoxy) is 3. The average Bonchev–Trinajstić information content (AvgIpc) is 3.90. The maximum Gasteiger partial charge on any atom is 0.342 e. The van der Waals surface area contributed by atoms with Gasteiger partial charge >= 0.3 is 11.9 Å². The standard InChI is InChI=1S/C45H58N4O8S/c1-8-41(52)23-27-24-44(39(50)55-5,35-29(15-19-48(25-27)26-41)28-13-10-11-14-32(28)46-35)31-21-30-33(22-34(31)54-4)47(3)37-43(30)17-20-49-18-12-16-42(9-2,36(43)49)38(57-58-7)45(37,53)40(51)56-6/h10-14,16,21-22,27,36-38,46,52-53H,8-9,15,17-20,23-26H2,1-7H3/t27?,36-,37+,38+,41-,42+,43+,44-,45-/m0/s1. The summed E-state index contributed by atoms with van der Waals surface area (Å²) in [6, 6.07) is 11.5. The first-order valence-corrected chi connectivity index (χ1v) is 22.0. The highest BCUT2D eigenvalue weighted by Crippen LogP contribution is 2.68. The largest absolute Gasteiger partial charge is 0.496 e. The van der Waals surface area contributed by atoms with Gasteiger partial charge in [-0.05, 0) is 86.3 Å². The van der Waals surface area contributed by atoms with Crippen LogP contribution in [0.15, 0.2) is 48.6 Å². The fourth-order valence-corrected chi connectivity index (χ4v) is 13.9. The number of aromatic amines is 1. The Balaban J connectivity index is 1.36. The van der Waals surface area contributed by atoms with Crippen molar-refractivity contribution in [3.05, 3.63) is 70.9 Å². The molecule has 1 aliphatic carbocycles. The van der Waals surface area contributed by atoms with Crippen LogP contribution >= 0.6 is 12.0 Å². The molecular weight excluding hydrogens is 757 g/mol. The highest BCUT2D eigenvalue weighted by Gasteiger charge is 2.80. The number of rotatable bonds is 8. The smallest absolute Gasteiger partial charge is 0.342 e. The molecular formula is C45H58N4O8S. The molecule has 13 heteroatoms. The zero-order chi connectivity index (χ0) is 41.0. The Labute approximate surface area is 345 Å². The minimum absolute atomic E-state index is 0.0662. The number of aliphatic hydroxyl groups is 2. The molecule has 12 nitrogen and oxygen atoms in total. The summed E-state index contributed by atoms with van der Waals surface area (Å²) >= 11 is 1.15. The third kappa shape index (κ3) is 5.06. The number of piperidine rings is 1. The minimum atomic E-state index is -2.08. The lowest BCUT2D eigenvalue weighted by molar-refractivity contribution is -0.209. The molecule has 5 aliphatic heterocycles. The van der Waals surface area contributed by atoms with Crippen molar-refractivity contribution in [3.8, 4) is 5.75 Å². The number of anilines is 1. The second kappa shape index (κ2) is 14.0. The number of aromatic nitrogens is 1.